The minimum Gasteiger partial charge on any atom is -0.378 e. The first kappa shape index (κ1) is 19.7. The molecule has 144 valence electrons. The van der Waals surface area contributed by atoms with Gasteiger partial charge in [-0.25, -0.2) is 0 Å². The fourth-order valence-electron chi connectivity index (χ4n) is 2.88. The van der Waals surface area contributed by atoms with Crippen LogP contribution < -0.4 is 15.5 Å². The Morgan fingerprint density at radius 3 is 2.78 bits per heavy atom. The first-order valence-corrected chi connectivity index (χ1v) is 10.2. The third kappa shape index (κ3) is 5.45. The molecule has 0 spiro atoms. The smallest absolute Gasteiger partial charge is 0.252 e. The third-order valence-electron chi connectivity index (χ3n) is 4.24. The van der Waals surface area contributed by atoms with Gasteiger partial charge in [-0.05, 0) is 30.0 Å². The number of amides is 2. The molecule has 6 nitrogen and oxygen atoms in total. The SMILES string of the molecule is O=C(CCCNC(=O)c1ccsc1)Nc1cccc(Cl)c1N1CCOCC1. The molecule has 0 aliphatic carbocycles. The van der Waals surface area contributed by atoms with E-state index in [1.54, 1.807) is 11.4 Å². The highest BCUT2D eigenvalue weighted by molar-refractivity contribution is 7.08. The summed E-state index contributed by atoms with van der Waals surface area (Å²) in [6.45, 7) is 3.21. The molecule has 1 saturated heterocycles. The number of para-hydroxylation sites is 1. The monoisotopic (exact) mass is 407 g/mol. The molecule has 2 aromatic rings. The number of ether oxygens (including phenoxy) is 1. The van der Waals surface area contributed by atoms with Gasteiger partial charge in [-0.1, -0.05) is 17.7 Å². The van der Waals surface area contributed by atoms with Crippen LogP contribution in [-0.4, -0.2) is 44.7 Å². The van der Waals surface area contributed by atoms with Crippen LogP contribution in [0.4, 0.5) is 11.4 Å². The molecule has 1 aliphatic heterocycles. The Kier molecular flexibility index (Phi) is 7.09. The van der Waals surface area contributed by atoms with Gasteiger partial charge in [0.2, 0.25) is 5.91 Å². The van der Waals surface area contributed by atoms with E-state index < -0.39 is 0 Å². The maximum absolute atomic E-state index is 12.3. The van der Waals surface area contributed by atoms with Gasteiger partial charge in [0.25, 0.3) is 5.91 Å². The number of thiophene rings is 1. The van der Waals surface area contributed by atoms with Crippen molar-refractivity contribution in [1.29, 1.82) is 0 Å². The minimum absolute atomic E-state index is 0.100. The van der Waals surface area contributed by atoms with Crippen LogP contribution in [0.25, 0.3) is 0 Å². The topological polar surface area (TPSA) is 70.7 Å². The first-order valence-electron chi connectivity index (χ1n) is 8.86. The summed E-state index contributed by atoms with van der Waals surface area (Å²) in [4.78, 5) is 26.3. The zero-order valence-corrected chi connectivity index (χ0v) is 16.4. The highest BCUT2D eigenvalue weighted by Gasteiger charge is 2.19. The van der Waals surface area contributed by atoms with Crippen LogP contribution in [0, 0.1) is 0 Å². The Balaban J connectivity index is 1.50. The van der Waals surface area contributed by atoms with E-state index in [9.17, 15) is 9.59 Å². The number of benzene rings is 1. The lowest BCUT2D eigenvalue weighted by Crippen LogP contribution is -2.37. The molecule has 1 aliphatic rings. The molecule has 2 heterocycles. The molecular formula is C19H22ClN3O3S. The van der Waals surface area contributed by atoms with Crippen LogP contribution in [0.5, 0.6) is 0 Å². The maximum Gasteiger partial charge on any atom is 0.252 e. The van der Waals surface area contributed by atoms with Gasteiger partial charge in [0.1, 0.15) is 0 Å². The van der Waals surface area contributed by atoms with Crippen molar-refractivity contribution in [3.63, 3.8) is 0 Å². The molecule has 8 heteroatoms. The fourth-order valence-corrected chi connectivity index (χ4v) is 3.81. The van der Waals surface area contributed by atoms with Crippen molar-refractivity contribution in [3.05, 3.63) is 45.6 Å². The molecule has 1 aromatic carbocycles. The van der Waals surface area contributed by atoms with Gasteiger partial charge in [-0.2, -0.15) is 11.3 Å². The van der Waals surface area contributed by atoms with E-state index in [1.807, 2.05) is 23.6 Å². The molecule has 0 unspecified atom stereocenters. The fraction of sp³-hybridized carbons (Fsp3) is 0.368. The Labute approximate surface area is 167 Å². The van der Waals surface area contributed by atoms with E-state index >= 15 is 0 Å². The number of carbonyl (C=O) groups excluding carboxylic acids is 2. The Bertz CT molecular complexity index is 777. The number of nitrogens with zero attached hydrogens (tertiary/aromatic N) is 1. The van der Waals surface area contributed by atoms with Crippen molar-refractivity contribution in [2.75, 3.05) is 43.1 Å². The first-order chi connectivity index (χ1) is 13.1. The van der Waals surface area contributed by atoms with Crippen molar-refractivity contribution in [3.8, 4) is 0 Å². The van der Waals surface area contributed by atoms with Crippen molar-refractivity contribution < 1.29 is 14.3 Å². The summed E-state index contributed by atoms with van der Waals surface area (Å²) in [7, 11) is 0. The summed E-state index contributed by atoms with van der Waals surface area (Å²) in [5, 5.41) is 10.0. The standard InChI is InChI=1S/C19H22ClN3O3S/c20-15-3-1-4-16(18(15)23-8-10-26-11-9-23)22-17(24)5-2-7-21-19(25)14-6-12-27-13-14/h1,3-4,6,12-13H,2,5,7-11H2,(H,21,25)(H,22,24). The van der Waals surface area contributed by atoms with Crippen molar-refractivity contribution in [1.82, 2.24) is 5.32 Å². The van der Waals surface area contributed by atoms with E-state index in [1.165, 1.54) is 11.3 Å². The van der Waals surface area contributed by atoms with E-state index in [0.29, 0.717) is 48.9 Å². The van der Waals surface area contributed by atoms with Gasteiger partial charge < -0.3 is 20.3 Å². The molecule has 0 atom stereocenters. The molecule has 0 bridgehead atoms. The zero-order valence-electron chi connectivity index (χ0n) is 14.9. The molecule has 1 aromatic heterocycles. The highest BCUT2D eigenvalue weighted by Crippen LogP contribution is 2.34. The van der Waals surface area contributed by atoms with Gasteiger partial charge in [0.05, 0.1) is 29.6 Å². The summed E-state index contributed by atoms with van der Waals surface area (Å²) < 4.78 is 5.39. The molecule has 27 heavy (non-hydrogen) atoms. The van der Waals surface area contributed by atoms with Gasteiger partial charge in [0.15, 0.2) is 0 Å². The van der Waals surface area contributed by atoms with Gasteiger partial charge in [-0.15, -0.1) is 0 Å². The van der Waals surface area contributed by atoms with Crippen molar-refractivity contribution in [2.45, 2.75) is 12.8 Å². The van der Waals surface area contributed by atoms with Crippen LogP contribution in [0.15, 0.2) is 35.0 Å². The Hall–Kier alpha value is -2.09. The minimum atomic E-state index is -0.110. The molecule has 0 saturated carbocycles. The molecule has 1 fully saturated rings. The Morgan fingerprint density at radius 1 is 1.22 bits per heavy atom. The van der Waals surface area contributed by atoms with E-state index in [0.717, 1.165) is 18.8 Å². The summed E-state index contributed by atoms with van der Waals surface area (Å²) in [5.41, 5.74) is 2.19. The number of nitrogens with one attached hydrogen (secondary N) is 2. The number of halogens is 1. The average molecular weight is 408 g/mol. The number of rotatable bonds is 7. The predicted molar refractivity (Wildman–Crippen MR) is 109 cm³/mol. The number of hydrogen-bond acceptors (Lipinski definition) is 5. The normalized spacial score (nSPS) is 14.0. The van der Waals surface area contributed by atoms with E-state index in [2.05, 4.69) is 15.5 Å². The average Bonchev–Trinajstić information content (AvgIpc) is 3.21. The highest BCUT2D eigenvalue weighted by atomic mass is 35.5. The third-order valence-corrected chi connectivity index (χ3v) is 5.23. The van der Waals surface area contributed by atoms with Crippen molar-refractivity contribution in [2.24, 2.45) is 0 Å². The second-order valence-electron chi connectivity index (χ2n) is 6.16. The zero-order chi connectivity index (χ0) is 19.1. The maximum atomic E-state index is 12.3. The van der Waals surface area contributed by atoms with Gasteiger partial charge in [-0.3, -0.25) is 9.59 Å². The summed E-state index contributed by atoms with van der Waals surface area (Å²) in [5.74, 6) is -0.210. The number of morpholine rings is 1. The molecule has 2 N–H and O–H groups in total. The lowest BCUT2D eigenvalue weighted by Gasteiger charge is -2.31. The molecule has 0 radical (unpaired) electrons. The molecule has 3 rings (SSSR count). The number of carbonyl (C=O) groups is 2. The summed E-state index contributed by atoms with van der Waals surface area (Å²) in [6, 6.07) is 7.27. The predicted octanol–water partition coefficient (Wildman–Crippen LogP) is 3.39. The Morgan fingerprint density at radius 2 is 2.04 bits per heavy atom. The van der Waals surface area contributed by atoms with E-state index in [4.69, 9.17) is 16.3 Å². The van der Waals surface area contributed by atoms with Crippen LogP contribution in [0.1, 0.15) is 23.2 Å². The molecule has 2 amide bonds. The lowest BCUT2D eigenvalue weighted by molar-refractivity contribution is -0.116. The second kappa shape index (κ2) is 9.73. The number of hydrogen-bond donors (Lipinski definition) is 2. The van der Waals surface area contributed by atoms with E-state index in [-0.39, 0.29) is 11.8 Å². The quantitative estimate of drug-likeness (QED) is 0.690. The lowest BCUT2D eigenvalue weighted by atomic mass is 10.2. The molecular weight excluding hydrogens is 386 g/mol. The van der Waals surface area contributed by atoms with Crippen LogP contribution >= 0.6 is 22.9 Å². The number of anilines is 2. The van der Waals surface area contributed by atoms with Gasteiger partial charge in [0, 0.05) is 37.0 Å². The van der Waals surface area contributed by atoms with Crippen LogP contribution in [-0.2, 0) is 9.53 Å². The largest absolute Gasteiger partial charge is 0.378 e. The summed E-state index contributed by atoms with van der Waals surface area (Å²) in [6.07, 6.45) is 0.883. The van der Waals surface area contributed by atoms with Crippen LogP contribution in [0.2, 0.25) is 5.02 Å². The summed E-state index contributed by atoms with van der Waals surface area (Å²) >= 11 is 7.86. The van der Waals surface area contributed by atoms with Gasteiger partial charge >= 0.3 is 0 Å². The van der Waals surface area contributed by atoms with Crippen molar-refractivity contribution >= 4 is 46.1 Å². The van der Waals surface area contributed by atoms with Crippen LogP contribution in [0.3, 0.4) is 0 Å². The second-order valence-corrected chi connectivity index (χ2v) is 7.34.